The second-order valence-corrected chi connectivity index (χ2v) is 5.58. The van der Waals surface area contributed by atoms with Crippen molar-refractivity contribution in [3.63, 3.8) is 0 Å². The van der Waals surface area contributed by atoms with Crippen LogP contribution in [0.4, 0.5) is 5.95 Å². The Kier molecular flexibility index (Phi) is 3.12. The molecular weight excluding hydrogens is 296 g/mol. The van der Waals surface area contributed by atoms with Crippen LogP contribution >= 0.6 is 0 Å². The number of hydrogen-bond donors (Lipinski definition) is 2. The number of hydrogen-bond acceptors (Lipinski definition) is 6. The molecule has 3 N–H and O–H groups in total. The molecule has 0 spiro atoms. The zero-order valence-electron chi connectivity index (χ0n) is 12.6. The minimum atomic E-state index is -0.332. The highest BCUT2D eigenvalue weighted by atomic mass is 16.5. The summed E-state index contributed by atoms with van der Waals surface area (Å²) in [6.07, 6.45) is 2.96. The Hall–Kier alpha value is -2.74. The van der Waals surface area contributed by atoms with Gasteiger partial charge in [0, 0.05) is 18.2 Å². The fraction of sp³-hybridized carbons (Fsp3) is 0.333. The number of nitrogens with one attached hydrogen (secondary N) is 1. The normalized spacial score (nSPS) is 17.9. The molecule has 0 radical (unpaired) electrons. The van der Waals surface area contributed by atoms with Crippen molar-refractivity contribution < 1.29 is 4.74 Å². The van der Waals surface area contributed by atoms with E-state index in [1.165, 1.54) is 0 Å². The summed E-state index contributed by atoms with van der Waals surface area (Å²) in [4.78, 5) is 21.5. The van der Waals surface area contributed by atoms with Crippen molar-refractivity contribution in [2.45, 2.75) is 26.0 Å². The highest BCUT2D eigenvalue weighted by Crippen LogP contribution is 2.28. The predicted octanol–water partition coefficient (Wildman–Crippen LogP) is 1.38. The van der Waals surface area contributed by atoms with Crippen molar-refractivity contribution in [2.75, 3.05) is 12.3 Å². The van der Waals surface area contributed by atoms with Gasteiger partial charge in [0.2, 0.25) is 5.95 Å². The van der Waals surface area contributed by atoms with Gasteiger partial charge in [-0.2, -0.15) is 10.1 Å². The maximum atomic E-state index is 13.0. The smallest absolute Gasteiger partial charge is 0.263 e. The quantitative estimate of drug-likeness (QED) is 0.739. The molecular formula is C15H16N6O2. The lowest BCUT2D eigenvalue weighted by molar-refractivity contribution is 0.0571. The second kappa shape index (κ2) is 5.17. The van der Waals surface area contributed by atoms with E-state index >= 15 is 0 Å². The molecule has 1 aliphatic heterocycles. The van der Waals surface area contributed by atoms with Gasteiger partial charge in [-0.25, -0.2) is 4.98 Å². The molecule has 23 heavy (non-hydrogen) atoms. The molecule has 8 nitrogen and oxygen atoms in total. The Bertz CT molecular complexity index is 925. The number of aromatic amines is 1. The number of aromatic nitrogens is 5. The van der Waals surface area contributed by atoms with E-state index in [0.29, 0.717) is 23.5 Å². The molecule has 0 amide bonds. The van der Waals surface area contributed by atoms with E-state index in [0.717, 1.165) is 23.9 Å². The van der Waals surface area contributed by atoms with Gasteiger partial charge in [-0.05, 0) is 31.9 Å². The molecule has 1 saturated heterocycles. The standard InChI is InChI=1S/C15H16N6O2/c1-8-9-7-10(11-4-5-17-20-11)14(22)21(12-3-2-6-23-12)13(9)19-15(16)18-8/h4-5,7,12H,2-3,6H2,1H3,(H,17,20)(H2,16,18,19). The predicted molar refractivity (Wildman–Crippen MR) is 84.8 cm³/mol. The van der Waals surface area contributed by atoms with E-state index in [1.807, 2.05) is 6.92 Å². The highest BCUT2D eigenvalue weighted by Gasteiger charge is 2.24. The van der Waals surface area contributed by atoms with Gasteiger partial charge < -0.3 is 10.5 Å². The van der Waals surface area contributed by atoms with Gasteiger partial charge in [0.25, 0.3) is 5.56 Å². The minimum absolute atomic E-state index is 0.149. The van der Waals surface area contributed by atoms with Crippen molar-refractivity contribution in [1.82, 2.24) is 24.7 Å². The van der Waals surface area contributed by atoms with E-state index in [9.17, 15) is 4.79 Å². The average molecular weight is 312 g/mol. The fourth-order valence-corrected chi connectivity index (χ4v) is 3.00. The summed E-state index contributed by atoms with van der Waals surface area (Å²) in [5.41, 5.74) is 8.01. The molecule has 4 rings (SSSR count). The average Bonchev–Trinajstić information content (AvgIpc) is 3.20. The lowest BCUT2D eigenvalue weighted by Gasteiger charge is -2.18. The van der Waals surface area contributed by atoms with Crippen LogP contribution < -0.4 is 11.3 Å². The van der Waals surface area contributed by atoms with Crippen LogP contribution in [0, 0.1) is 6.92 Å². The molecule has 1 fully saturated rings. The van der Waals surface area contributed by atoms with Crippen LogP contribution in [0.5, 0.6) is 0 Å². The van der Waals surface area contributed by atoms with Crippen molar-refractivity contribution >= 4 is 17.0 Å². The third-order valence-corrected chi connectivity index (χ3v) is 4.08. The van der Waals surface area contributed by atoms with Crippen molar-refractivity contribution in [1.29, 1.82) is 0 Å². The number of rotatable bonds is 2. The Morgan fingerprint density at radius 2 is 2.30 bits per heavy atom. The second-order valence-electron chi connectivity index (χ2n) is 5.58. The topological polar surface area (TPSA) is 112 Å². The third kappa shape index (κ3) is 2.18. The summed E-state index contributed by atoms with van der Waals surface area (Å²) in [7, 11) is 0. The first kappa shape index (κ1) is 13.9. The maximum absolute atomic E-state index is 13.0. The van der Waals surface area contributed by atoms with Crippen LogP contribution in [0.2, 0.25) is 0 Å². The van der Waals surface area contributed by atoms with Gasteiger partial charge in [0.05, 0.1) is 17.0 Å². The summed E-state index contributed by atoms with van der Waals surface area (Å²) in [5.74, 6) is 0.149. The van der Waals surface area contributed by atoms with Crippen LogP contribution in [0.1, 0.15) is 24.8 Å². The van der Waals surface area contributed by atoms with Gasteiger partial charge >= 0.3 is 0 Å². The minimum Gasteiger partial charge on any atom is -0.368 e. The van der Waals surface area contributed by atoms with Crippen LogP contribution in [-0.4, -0.2) is 31.3 Å². The molecule has 1 aliphatic rings. The lowest BCUT2D eigenvalue weighted by Crippen LogP contribution is -2.27. The first-order valence-corrected chi connectivity index (χ1v) is 7.46. The zero-order valence-corrected chi connectivity index (χ0v) is 12.6. The lowest BCUT2D eigenvalue weighted by atomic mass is 10.1. The summed E-state index contributed by atoms with van der Waals surface area (Å²) in [5, 5.41) is 7.54. The van der Waals surface area contributed by atoms with E-state index in [4.69, 9.17) is 10.5 Å². The van der Waals surface area contributed by atoms with Gasteiger partial charge in [-0.1, -0.05) is 0 Å². The van der Waals surface area contributed by atoms with Gasteiger partial charge in [-0.15, -0.1) is 0 Å². The molecule has 1 unspecified atom stereocenters. The summed E-state index contributed by atoms with van der Waals surface area (Å²) in [6, 6.07) is 3.54. The number of nitrogens with two attached hydrogens (primary N) is 1. The van der Waals surface area contributed by atoms with Gasteiger partial charge in [0.15, 0.2) is 5.65 Å². The molecule has 0 aromatic carbocycles. The Balaban J connectivity index is 2.10. The number of nitrogens with zero attached hydrogens (tertiary/aromatic N) is 4. The van der Waals surface area contributed by atoms with Crippen molar-refractivity contribution in [3.8, 4) is 11.3 Å². The number of aryl methyl sites for hydroxylation is 1. The van der Waals surface area contributed by atoms with Crippen molar-refractivity contribution in [2.24, 2.45) is 0 Å². The first-order valence-electron chi connectivity index (χ1n) is 7.46. The molecule has 4 heterocycles. The van der Waals surface area contributed by atoms with Gasteiger partial charge in [-0.3, -0.25) is 14.5 Å². The number of pyridine rings is 1. The first-order chi connectivity index (χ1) is 11.1. The fourth-order valence-electron chi connectivity index (χ4n) is 3.00. The molecule has 0 saturated carbocycles. The molecule has 0 aliphatic carbocycles. The van der Waals surface area contributed by atoms with Crippen molar-refractivity contribution in [3.05, 3.63) is 34.4 Å². The van der Waals surface area contributed by atoms with Crippen LogP contribution in [-0.2, 0) is 4.74 Å². The SMILES string of the molecule is Cc1nc(N)nc2c1cc(-c1ccn[nH]1)c(=O)n2C1CCCO1. The van der Waals surface area contributed by atoms with Crippen LogP contribution in [0.15, 0.2) is 23.1 Å². The summed E-state index contributed by atoms with van der Waals surface area (Å²) >= 11 is 0. The maximum Gasteiger partial charge on any atom is 0.263 e. The molecule has 3 aromatic rings. The molecule has 0 bridgehead atoms. The number of fused-ring (bicyclic) bond motifs is 1. The number of H-pyrrole nitrogens is 1. The number of nitrogen functional groups attached to an aromatic ring is 1. The Morgan fingerprint density at radius 3 is 3.00 bits per heavy atom. The highest BCUT2D eigenvalue weighted by molar-refractivity contribution is 5.83. The molecule has 8 heteroatoms. The van der Waals surface area contributed by atoms with E-state index in [1.54, 1.807) is 22.9 Å². The third-order valence-electron chi connectivity index (χ3n) is 4.08. The van der Waals surface area contributed by atoms with Crippen LogP contribution in [0.3, 0.4) is 0 Å². The van der Waals surface area contributed by atoms with E-state index < -0.39 is 0 Å². The number of anilines is 1. The molecule has 1 atom stereocenters. The van der Waals surface area contributed by atoms with Crippen LogP contribution in [0.25, 0.3) is 22.3 Å². The largest absolute Gasteiger partial charge is 0.368 e. The van der Waals surface area contributed by atoms with Gasteiger partial charge in [0.1, 0.15) is 6.23 Å². The Labute approximate surface area is 131 Å². The summed E-state index contributed by atoms with van der Waals surface area (Å²) in [6.45, 7) is 2.48. The molecule has 118 valence electrons. The Morgan fingerprint density at radius 1 is 1.43 bits per heavy atom. The zero-order chi connectivity index (χ0) is 16.0. The molecule has 3 aromatic heterocycles. The van der Waals surface area contributed by atoms with E-state index in [-0.39, 0.29) is 17.7 Å². The number of ether oxygens (including phenoxy) is 1. The summed E-state index contributed by atoms with van der Waals surface area (Å²) < 4.78 is 7.30. The monoisotopic (exact) mass is 312 g/mol. The van der Waals surface area contributed by atoms with E-state index in [2.05, 4.69) is 20.2 Å².